The zero-order valence-corrected chi connectivity index (χ0v) is 24.9. The maximum Gasteiger partial charge on any atom is 0.226 e. The van der Waals surface area contributed by atoms with Gasteiger partial charge < -0.3 is 20.1 Å². The van der Waals surface area contributed by atoms with Crippen molar-refractivity contribution < 1.29 is 4.79 Å². The number of rotatable bonds is 7. The van der Waals surface area contributed by atoms with Gasteiger partial charge in [0, 0.05) is 41.9 Å². The Bertz CT molecular complexity index is 1580. The third-order valence-electron chi connectivity index (χ3n) is 8.05. The van der Waals surface area contributed by atoms with Crippen LogP contribution in [0.3, 0.4) is 0 Å². The SMILES string of the molecule is Cc1ccc(C)c(NC(=O)CCN2C(=S)N[C@@H](c3ccccn3)[C@@H]2c2cc(C)n(-c3cccc(C)c3C)c2C)c1. The Balaban J connectivity index is 1.49. The first-order valence-corrected chi connectivity index (χ1v) is 14.2. The molecule has 0 radical (unpaired) electrons. The van der Waals surface area contributed by atoms with Crippen LogP contribution in [0.4, 0.5) is 5.69 Å². The molecule has 1 saturated heterocycles. The number of thiocarbonyl (C=S) groups is 1. The average molecular weight is 552 g/mol. The molecule has 0 unspecified atom stereocenters. The first-order valence-electron chi connectivity index (χ1n) is 13.8. The number of nitrogens with one attached hydrogen (secondary N) is 2. The van der Waals surface area contributed by atoms with Crippen molar-refractivity contribution in [3.8, 4) is 5.69 Å². The number of aryl methyl sites for hydroxylation is 4. The van der Waals surface area contributed by atoms with Crippen molar-refractivity contribution in [1.29, 1.82) is 0 Å². The van der Waals surface area contributed by atoms with Crippen LogP contribution in [0.2, 0.25) is 0 Å². The lowest BCUT2D eigenvalue weighted by atomic mass is 9.96. The van der Waals surface area contributed by atoms with Gasteiger partial charge in [0.1, 0.15) is 0 Å². The summed E-state index contributed by atoms with van der Waals surface area (Å²) in [6, 6.07) is 20.5. The normalized spacial score (nSPS) is 16.8. The van der Waals surface area contributed by atoms with E-state index in [4.69, 9.17) is 12.2 Å². The predicted molar refractivity (Wildman–Crippen MR) is 166 cm³/mol. The van der Waals surface area contributed by atoms with Crippen LogP contribution in [0.25, 0.3) is 5.69 Å². The van der Waals surface area contributed by atoms with Crippen molar-refractivity contribution >= 4 is 28.9 Å². The maximum atomic E-state index is 13.1. The highest BCUT2D eigenvalue weighted by atomic mass is 32.1. The second kappa shape index (κ2) is 11.3. The fraction of sp³-hybridized carbons (Fsp3) is 0.303. The van der Waals surface area contributed by atoms with Gasteiger partial charge >= 0.3 is 0 Å². The van der Waals surface area contributed by atoms with Crippen molar-refractivity contribution in [3.63, 3.8) is 0 Å². The van der Waals surface area contributed by atoms with Crippen molar-refractivity contribution in [1.82, 2.24) is 19.8 Å². The van der Waals surface area contributed by atoms with Crippen LogP contribution in [-0.4, -0.2) is 32.0 Å². The van der Waals surface area contributed by atoms with E-state index in [0.717, 1.165) is 33.9 Å². The van der Waals surface area contributed by atoms with Crippen LogP contribution in [0.5, 0.6) is 0 Å². The van der Waals surface area contributed by atoms with Gasteiger partial charge in [-0.05, 0) is 112 Å². The Kier molecular flexibility index (Phi) is 7.76. The molecule has 1 amide bonds. The molecule has 4 aromatic rings. The second-order valence-corrected chi connectivity index (χ2v) is 11.2. The molecule has 6 nitrogen and oxygen atoms in total. The molecule has 2 aromatic heterocycles. The number of benzene rings is 2. The van der Waals surface area contributed by atoms with Gasteiger partial charge in [-0.1, -0.05) is 30.3 Å². The van der Waals surface area contributed by atoms with Gasteiger partial charge in [-0.2, -0.15) is 0 Å². The maximum absolute atomic E-state index is 13.1. The number of amides is 1. The van der Waals surface area contributed by atoms with Crippen molar-refractivity contribution in [2.75, 3.05) is 11.9 Å². The molecule has 0 spiro atoms. The fourth-order valence-corrected chi connectivity index (χ4v) is 6.06. The molecule has 0 bridgehead atoms. The number of pyridine rings is 1. The number of anilines is 1. The first-order chi connectivity index (χ1) is 19.2. The molecule has 5 rings (SSSR count). The van der Waals surface area contributed by atoms with Crippen molar-refractivity contribution in [3.05, 3.63) is 112 Å². The molecule has 3 heterocycles. The van der Waals surface area contributed by atoms with Crippen LogP contribution in [-0.2, 0) is 4.79 Å². The number of nitrogens with zero attached hydrogens (tertiary/aromatic N) is 3. The molecule has 206 valence electrons. The van der Waals surface area contributed by atoms with E-state index in [2.05, 4.69) is 83.1 Å². The van der Waals surface area contributed by atoms with E-state index in [9.17, 15) is 4.79 Å². The lowest BCUT2D eigenvalue weighted by Crippen LogP contribution is -2.33. The molecule has 0 saturated carbocycles. The Morgan fingerprint density at radius 3 is 2.52 bits per heavy atom. The summed E-state index contributed by atoms with van der Waals surface area (Å²) in [5.74, 6) is -0.0302. The number of aromatic nitrogens is 2. The summed E-state index contributed by atoms with van der Waals surface area (Å²) in [7, 11) is 0. The minimum atomic E-state index is -0.136. The highest BCUT2D eigenvalue weighted by Crippen LogP contribution is 2.41. The Hall–Kier alpha value is -3.97. The second-order valence-electron chi connectivity index (χ2n) is 10.8. The van der Waals surface area contributed by atoms with Crippen LogP contribution in [0, 0.1) is 41.5 Å². The average Bonchev–Trinajstić information content (AvgIpc) is 3.41. The minimum Gasteiger partial charge on any atom is -0.352 e. The molecule has 1 aliphatic heterocycles. The molecule has 2 N–H and O–H groups in total. The number of carbonyl (C=O) groups is 1. The monoisotopic (exact) mass is 551 g/mol. The molecule has 7 heteroatoms. The zero-order chi connectivity index (χ0) is 28.6. The van der Waals surface area contributed by atoms with Gasteiger partial charge in [-0.25, -0.2) is 0 Å². The summed E-state index contributed by atoms with van der Waals surface area (Å²) in [5.41, 5.74) is 11.1. The standard InChI is InChI=1S/C33H37N5OS/c1-20-13-14-22(3)28(18-20)35-30(39)15-17-37-32(31(36-33(37)40)27-11-7-8-16-34-27)26-19-23(4)38(25(26)6)29-12-9-10-21(2)24(29)5/h7-14,16,18-19,31-32H,15,17H2,1-6H3,(H,35,39)(H,36,40)/t31-,32-/m0/s1. The number of carbonyl (C=O) groups excluding carboxylic acids is 1. The van der Waals surface area contributed by atoms with Crippen LogP contribution >= 0.6 is 12.2 Å². The van der Waals surface area contributed by atoms with Gasteiger partial charge in [0.05, 0.1) is 17.8 Å². The van der Waals surface area contributed by atoms with Gasteiger partial charge in [0.25, 0.3) is 0 Å². The molecule has 40 heavy (non-hydrogen) atoms. The molecule has 0 aliphatic carbocycles. The molecule has 1 fully saturated rings. The first kappa shape index (κ1) is 27.6. The zero-order valence-electron chi connectivity index (χ0n) is 24.1. The lowest BCUT2D eigenvalue weighted by Gasteiger charge is -2.28. The van der Waals surface area contributed by atoms with Gasteiger partial charge in [0.15, 0.2) is 5.11 Å². The van der Waals surface area contributed by atoms with Crippen LogP contribution in [0.1, 0.15) is 63.4 Å². The van der Waals surface area contributed by atoms with Crippen molar-refractivity contribution in [2.45, 2.75) is 60.0 Å². The van der Waals surface area contributed by atoms with E-state index in [-0.39, 0.29) is 18.0 Å². The smallest absolute Gasteiger partial charge is 0.226 e. The van der Waals surface area contributed by atoms with E-state index in [1.807, 2.05) is 50.4 Å². The van der Waals surface area contributed by atoms with Gasteiger partial charge in [0.2, 0.25) is 5.91 Å². The van der Waals surface area contributed by atoms with Crippen molar-refractivity contribution in [2.24, 2.45) is 0 Å². The largest absolute Gasteiger partial charge is 0.352 e. The third-order valence-corrected chi connectivity index (χ3v) is 8.40. The summed E-state index contributed by atoms with van der Waals surface area (Å²) < 4.78 is 2.33. The van der Waals surface area contributed by atoms with Crippen LogP contribution in [0.15, 0.2) is 66.9 Å². The van der Waals surface area contributed by atoms with E-state index >= 15 is 0 Å². The summed E-state index contributed by atoms with van der Waals surface area (Å²) in [5, 5.41) is 7.26. The van der Waals surface area contributed by atoms with E-state index in [0.29, 0.717) is 18.1 Å². The van der Waals surface area contributed by atoms with E-state index in [1.54, 1.807) is 0 Å². The van der Waals surface area contributed by atoms with E-state index < -0.39 is 0 Å². The topological polar surface area (TPSA) is 62.2 Å². The Morgan fingerprint density at radius 1 is 0.975 bits per heavy atom. The summed E-state index contributed by atoms with van der Waals surface area (Å²) in [6.07, 6.45) is 2.13. The summed E-state index contributed by atoms with van der Waals surface area (Å²) in [4.78, 5) is 19.9. The summed E-state index contributed by atoms with van der Waals surface area (Å²) in [6.45, 7) is 13.2. The molecule has 2 atom stereocenters. The highest BCUT2D eigenvalue weighted by molar-refractivity contribution is 7.80. The lowest BCUT2D eigenvalue weighted by molar-refractivity contribution is -0.116. The minimum absolute atomic E-state index is 0.0302. The van der Waals surface area contributed by atoms with Gasteiger partial charge in [-0.3, -0.25) is 9.78 Å². The fourth-order valence-electron chi connectivity index (χ4n) is 5.73. The third kappa shape index (κ3) is 5.26. The Morgan fingerprint density at radius 2 is 1.77 bits per heavy atom. The summed E-state index contributed by atoms with van der Waals surface area (Å²) >= 11 is 5.88. The molecular formula is C33H37N5OS. The predicted octanol–water partition coefficient (Wildman–Crippen LogP) is 6.72. The molecule has 1 aliphatic rings. The highest BCUT2D eigenvalue weighted by Gasteiger charge is 2.41. The number of hydrogen-bond donors (Lipinski definition) is 2. The van der Waals surface area contributed by atoms with E-state index in [1.165, 1.54) is 22.4 Å². The molecule has 2 aromatic carbocycles. The Labute approximate surface area is 242 Å². The molecular weight excluding hydrogens is 514 g/mol. The van der Waals surface area contributed by atoms with Crippen LogP contribution < -0.4 is 10.6 Å². The number of hydrogen-bond acceptors (Lipinski definition) is 3. The quantitative estimate of drug-likeness (QED) is 0.250. The van der Waals surface area contributed by atoms with Gasteiger partial charge in [-0.15, -0.1) is 0 Å².